The molecule has 2 fully saturated rings. The predicted molar refractivity (Wildman–Crippen MR) is 88.0 cm³/mol. The van der Waals surface area contributed by atoms with Crippen molar-refractivity contribution in [3.8, 4) is 11.5 Å². The SMILES string of the molecule is O=C(CC1CCN(C2CC2)CC1)Nc1ccc2c(c1)OCCO2. The lowest BCUT2D eigenvalue weighted by atomic mass is 9.93. The Morgan fingerprint density at radius 3 is 2.57 bits per heavy atom. The number of rotatable bonds is 4. The van der Waals surface area contributed by atoms with E-state index in [2.05, 4.69) is 10.2 Å². The zero-order valence-electron chi connectivity index (χ0n) is 13.4. The van der Waals surface area contributed by atoms with Gasteiger partial charge in [0.2, 0.25) is 5.91 Å². The van der Waals surface area contributed by atoms with E-state index in [9.17, 15) is 4.79 Å². The minimum Gasteiger partial charge on any atom is -0.486 e. The topological polar surface area (TPSA) is 50.8 Å². The minimum atomic E-state index is 0.103. The van der Waals surface area contributed by atoms with E-state index in [1.165, 1.54) is 12.8 Å². The number of carbonyl (C=O) groups excluding carboxylic acids is 1. The number of nitrogens with one attached hydrogen (secondary N) is 1. The van der Waals surface area contributed by atoms with Gasteiger partial charge in [-0.05, 0) is 56.8 Å². The average molecular weight is 316 g/mol. The third-order valence-electron chi connectivity index (χ3n) is 5.01. The number of likely N-dealkylation sites (tertiary alicyclic amines) is 1. The standard InChI is InChI=1S/C18H24N2O3/c21-18(11-13-5-7-20(8-6-13)15-2-3-15)19-14-1-4-16-17(12-14)23-10-9-22-16/h1,4,12-13,15H,2-3,5-11H2,(H,19,21). The van der Waals surface area contributed by atoms with E-state index in [4.69, 9.17) is 9.47 Å². The fraction of sp³-hybridized carbons (Fsp3) is 0.611. The Kier molecular flexibility index (Phi) is 4.12. The number of amides is 1. The van der Waals surface area contributed by atoms with Crippen LogP contribution in [0, 0.1) is 5.92 Å². The third kappa shape index (κ3) is 3.61. The zero-order valence-corrected chi connectivity index (χ0v) is 13.4. The highest BCUT2D eigenvalue weighted by atomic mass is 16.6. The number of anilines is 1. The smallest absolute Gasteiger partial charge is 0.224 e. The molecule has 3 aliphatic rings. The van der Waals surface area contributed by atoms with Crippen LogP contribution in [0.4, 0.5) is 5.69 Å². The van der Waals surface area contributed by atoms with Crippen LogP contribution < -0.4 is 14.8 Å². The lowest BCUT2D eigenvalue weighted by Gasteiger charge is -2.31. The number of ether oxygens (including phenoxy) is 2. The molecule has 1 N–H and O–H groups in total. The molecule has 0 spiro atoms. The van der Waals surface area contributed by atoms with Gasteiger partial charge in [-0.25, -0.2) is 0 Å². The molecule has 0 atom stereocenters. The summed E-state index contributed by atoms with van der Waals surface area (Å²) in [7, 11) is 0. The van der Waals surface area contributed by atoms with Crippen LogP contribution in [0.1, 0.15) is 32.1 Å². The Morgan fingerprint density at radius 1 is 1.09 bits per heavy atom. The molecule has 1 aromatic rings. The largest absolute Gasteiger partial charge is 0.486 e. The van der Waals surface area contributed by atoms with Gasteiger partial charge in [0.05, 0.1) is 0 Å². The molecule has 0 unspecified atom stereocenters. The first kappa shape index (κ1) is 14.8. The summed E-state index contributed by atoms with van der Waals surface area (Å²) in [4.78, 5) is 14.9. The number of fused-ring (bicyclic) bond motifs is 1. The molecule has 4 rings (SSSR count). The Morgan fingerprint density at radius 2 is 1.83 bits per heavy atom. The Balaban J connectivity index is 1.28. The molecule has 0 aromatic heterocycles. The van der Waals surface area contributed by atoms with E-state index in [1.807, 2.05) is 18.2 Å². The zero-order chi connectivity index (χ0) is 15.6. The van der Waals surface area contributed by atoms with Crippen LogP contribution in [-0.4, -0.2) is 43.2 Å². The number of nitrogens with zero attached hydrogens (tertiary/aromatic N) is 1. The highest BCUT2D eigenvalue weighted by Crippen LogP contribution is 2.33. The first-order valence-electron chi connectivity index (χ1n) is 8.71. The van der Waals surface area contributed by atoms with Crippen LogP contribution >= 0.6 is 0 Å². The van der Waals surface area contributed by atoms with Gasteiger partial charge in [0.1, 0.15) is 13.2 Å². The van der Waals surface area contributed by atoms with Gasteiger partial charge >= 0.3 is 0 Å². The minimum absolute atomic E-state index is 0.103. The van der Waals surface area contributed by atoms with Crippen molar-refractivity contribution >= 4 is 11.6 Å². The monoisotopic (exact) mass is 316 g/mol. The van der Waals surface area contributed by atoms with Crippen molar-refractivity contribution in [3.63, 3.8) is 0 Å². The van der Waals surface area contributed by atoms with Gasteiger partial charge in [-0.1, -0.05) is 0 Å². The summed E-state index contributed by atoms with van der Waals surface area (Å²) in [5.41, 5.74) is 0.787. The van der Waals surface area contributed by atoms with Crippen molar-refractivity contribution < 1.29 is 14.3 Å². The average Bonchev–Trinajstić information content (AvgIpc) is 3.40. The maximum atomic E-state index is 12.3. The highest BCUT2D eigenvalue weighted by Gasteiger charge is 2.32. The van der Waals surface area contributed by atoms with Gasteiger partial charge in [-0.3, -0.25) is 4.79 Å². The molecule has 0 bridgehead atoms. The van der Waals surface area contributed by atoms with Gasteiger partial charge in [0.15, 0.2) is 11.5 Å². The Hall–Kier alpha value is -1.75. The second-order valence-electron chi connectivity index (χ2n) is 6.82. The molecule has 2 heterocycles. The van der Waals surface area contributed by atoms with Gasteiger partial charge in [0, 0.05) is 24.2 Å². The lowest BCUT2D eigenvalue weighted by Crippen LogP contribution is -2.36. The number of hydrogen-bond acceptors (Lipinski definition) is 4. The van der Waals surface area contributed by atoms with Crippen LogP contribution in [0.3, 0.4) is 0 Å². The number of hydrogen-bond donors (Lipinski definition) is 1. The summed E-state index contributed by atoms with van der Waals surface area (Å²) in [6.07, 6.45) is 5.65. The molecule has 2 aliphatic heterocycles. The summed E-state index contributed by atoms with van der Waals surface area (Å²) in [6, 6.07) is 6.43. The molecule has 124 valence electrons. The summed E-state index contributed by atoms with van der Waals surface area (Å²) in [6.45, 7) is 3.46. The van der Waals surface area contributed by atoms with E-state index in [0.717, 1.165) is 43.4 Å². The van der Waals surface area contributed by atoms with Gasteiger partial charge in [0.25, 0.3) is 0 Å². The van der Waals surface area contributed by atoms with Crippen molar-refractivity contribution in [2.75, 3.05) is 31.6 Å². The van der Waals surface area contributed by atoms with Crippen molar-refractivity contribution in [2.24, 2.45) is 5.92 Å². The molecule has 1 aliphatic carbocycles. The maximum Gasteiger partial charge on any atom is 0.224 e. The Labute approximate surface area is 136 Å². The first-order valence-corrected chi connectivity index (χ1v) is 8.71. The van der Waals surface area contributed by atoms with Crippen molar-refractivity contribution in [3.05, 3.63) is 18.2 Å². The van der Waals surface area contributed by atoms with E-state index in [-0.39, 0.29) is 5.91 Å². The molecule has 5 nitrogen and oxygen atoms in total. The normalized spacial score (nSPS) is 21.9. The molecular formula is C18H24N2O3. The van der Waals surface area contributed by atoms with E-state index in [0.29, 0.717) is 31.3 Å². The lowest BCUT2D eigenvalue weighted by molar-refractivity contribution is -0.117. The summed E-state index contributed by atoms with van der Waals surface area (Å²) >= 11 is 0. The van der Waals surface area contributed by atoms with Crippen LogP contribution in [0.15, 0.2) is 18.2 Å². The van der Waals surface area contributed by atoms with Gasteiger partial charge < -0.3 is 19.7 Å². The molecular weight excluding hydrogens is 292 g/mol. The van der Waals surface area contributed by atoms with E-state index < -0.39 is 0 Å². The third-order valence-corrected chi connectivity index (χ3v) is 5.01. The van der Waals surface area contributed by atoms with Crippen LogP contribution in [-0.2, 0) is 4.79 Å². The summed E-state index contributed by atoms with van der Waals surface area (Å²) in [5.74, 6) is 2.09. The first-order chi connectivity index (χ1) is 11.3. The maximum absolute atomic E-state index is 12.3. The number of benzene rings is 1. The fourth-order valence-electron chi connectivity index (χ4n) is 3.56. The molecule has 1 aromatic carbocycles. The van der Waals surface area contributed by atoms with Crippen molar-refractivity contribution in [2.45, 2.75) is 38.1 Å². The fourth-order valence-corrected chi connectivity index (χ4v) is 3.56. The quantitative estimate of drug-likeness (QED) is 0.928. The Bertz CT molecular complexity index is 578. The van der Waals surface area contributed by atoms with Crippen LogP contribution in [0.2, 0.25) is 0 Å². The molecule has 0 radical (unpaired) electrons. The van der Waals surface area contributed by atoms with E-state index in [1.54, 1.807) is 0 Å². The molecule has 23 heavy (non-hydrogen) atoms. The highest BCUT2D eigenvalue weighted by molar-refractivity contribution is 5.91. The molecule has 1 amide bonds. The number of piperidine rings is 1. The van der Waals surface area contributed by atoms with Gasteiger partial charge in [-0.2, -0.15) is 0 Å². The van der Waals surface area contributed by atoms with Crippen molar-refractivity contribution in [1.29, 1.82) is 0 Å². The predicted octanol–water partition coefficient (Wildman–Crippen LogP) is 2.66. The second kappa shape index (κ2) is 6.40. The van der Waals surface area contributed by atoms with E-state index >= 15 is 0 Å². The number of carbonyl (C=O) groups is 1. The van der Waals surface area contributed by atoms with Crippen LogP contribution in [0.25, 0.3) is 0 Å². The van der Waals surface area contributed by atoms with Crippen LogP contribution in [0.5, 0.6) is 11.5 Å². The molecule has 5 heteroatoms. The molecule has 1 saturated heterocycles. The van der Waals surface area contributed by atoms with Gasteiger partial charge in [-0.15, -0.1) is 0 Å². The molecule has 1 saturated carbocycles. The summed E-state index contributed by atoms with van der Waals surface area (Å²) in [5, 5.41) is 3.00. The summed E-state index contributed by atoms with van der Waals surface area (Å²) < 4.78 is 11.1. The van der Waals surface area contributed by atoms with Crippen molar-refractivity contribution in [1.82, 2.24) is 4.90 Å². The second-order valence-corrected chi connectivity index (χ2v) is 6.82.